The van der Waals surface area contributed by atoms with E-state index in [1.807, 2.05) is 12.1 Å². The summed E-state index contributed by atoms with van der Waals surface area (Å²) < 4.78 is 2.06. The van der Waals surface area contributed by atoms with E-state index in [1.165, 1.54) is 11.1 Å². The van der Waals surface area contributed by atoms with Gasteiger partial charge in [-0.1, -0.05) is 63.2 Å². The zero-order chi connectivity index (χ0) is 17.3. The Morgan fingerprint density at radius 3 is 2.33 bits per heavy atom. The zero-order valence-electron chi connectivity index (χ0n) is 14.5. The molecule has 0 spiro atoms. The third-order valence-corrected chi connectivity index (χ3v) is 4.65. The van der Waals surface area contributed by atoms with E-state index in [9.17, 15) is 4.79 Å². The van der Waals surface area contributed by atoms with Crippen molar-refractivity contribution in [1.82, 2.24) is 4.57 Å². The van der Waals surface area contributed by atoms with Gasteiger partial charge in [0, 0.05) is 17.4 Å². The molecule has 0 saturated carbocycles. The largest absolute Gasteiger partial charge is 0.364 e. The molecule has 1 aromatic heterocycles. The first kappa shape index (κ1) is 16.3. The molecule has 1 amide bonds. The Balaban J connectivity index is 2.11. The number of primary amides is 1. The van der Waals surface area contributed by atoms with Crippen molar-refractivity contribution in [3.63, 3.8) is 0 Å². The van der Waals surface area contributed by atoms with Crippen LogP contribution in [0.15, 0.2) is 48.5 Å². The molecule has 2 N–H and O–H groups in total. The van der Waals surface area contributed by atoms with Crippen LogP contribution >= 0.6 is 0 Å². The molecule has 24 heavy (non-hydrogen) atoms. The summed E-state index contributed by atoms with van der Waals surface area (Å²) in [5.74, 6) is 0.154. The Kier molecular flexibility index (Phi) is 4.43. The minimum atomic E-state index is -0.359. The first-order chi connectivity index (χ1) is 11.5. The SMILES string of the molecule is CCc1c(C(N)=O)n(Cc2ccc(C(C)C)cc2)c2ccccc12. The number of carbonyl (C=O) groups excluding carboxylic acids is 1. The van der Waals surface area contributed by atoms with Gasteiger partial charge in [0.05, 0.1) is 0 Å². The lowest BCUT2D eigenvalue weighted by Crippen LogP contribution is -2.19. The van der Waals surface area contributed by atoms with Crippen LogP contribution in [0.25, 0.3) is 10.9 Å². The average Bonchev–Trinajstić information content (AvgIpc) is 2.89. The summed E-state index contributed by atoms with van der Waals surface area (Å²) >= 11 is 0. The lowest BCUT2D eigenvalue weighted by Gasteiger charge is -2.11. The van der Waals surface area contributed by atoms with Crippen molar-refractivity contribution in [1.29, 1.82) is 0 Å². The summed E-state index contributed by atoms with van der Waals surface area (Å²) in [6.45, 7) is 7.09. The molecule has 0 atom stereocenters. The average molecular weight is 320 g/mol. The summed E-state index contributed by atoms with van der Waals surface area (Å²) in [6, 6.07) is 16.7. The summed E-state index contributed by atoms with van der Waals surface area (Å²) in [6.07, 6.45) is 0.790. The highest BCUT2D eigenvalue weighted by Gasteiger charge is 2.19. The topological polar surface area (TPSA) is 48.0 Å². The highest BCUT2D eigenvalue weighted by molar-refractivity contribution is 6.01. The van der Waals surface area contributed by atoms with Gasteiger partial charge in [-0.25, -0.2) is 0 Å². The zero-order valence-corrected chi connectivity index (χ0v) is 14.5. The molecule has 0 aliphatic rings. The van der Waals surface area contributed by atoms with Crippen LogP contribution in [-0.2, 0) is 13.0 Å². The van der Waals surface area contributed by atoms with E-state index in [2.05, 4.69) is 61.7 Å². The van der Waals surface area contributed by atoms with Crippen LogP contribution in [0, 0.1) is 0 Å². The van der Waals surface area contributed by atoms with Crippen LogP contribution < -0.4 is 5.73 Å². The van der Waals surface area contributed by atoms with Crippen molar-refractivity contribution in [2.45, 2.75) is 39.7 Å². The number of hydrogen-bond donors (Lipinski definition) is 1. The van der Waals surface area contributed by atoms with Crippen LogP contribution in [0.5, 0.6) is 0 Å². The number of rotatable bonds is 5. The van der Waals surface area contributed by atoms with Gasteiger partial charge in [0.15, 0.2) is 0 Å². The van der Waals surface area contributed by atoms with E-state index in [0.717, 1.165) is 22.9 Å². The molecule has 3 aromatic rings. The molecule has 0 bridgehead atoms. The van der Waals surface area contributed by atoms with Crippen LogP contribution in [0.3, 0.4) is 0 Å². The van der Waals surface area contributed by atoms with E-state index >= 15 is 0 Å². The maximum absolute atomic E-state index is 12.1. The Labute approximate surface area is 143 Å². The second-order valence-corrected chi connectivity index (χ2v) is 6.54. The fourth-order valence-corrected chi connectivity index (χ4v) is 3.37. The third-order valence-electron chi connectivity index (χ3n) is 4.65. The predicted octanol–water partition coefficient (Wildman–Crippen LogP) is 4.47. The van der Waals surface area contributed by atoms with Crippen LogP contribution in [-0.4, -0.2) is 10.5 Å². The molecule has 0 aliphatic heterocycles. The number of para-hydroxylation sites is 1. The fraction of sp³-hybridized carbons (Fsp3) is 0.286. The number of aromatic nitrogens is 1. The van der Waals surface area contributed by atoms with Crippen molar-refractivity contribution in [3.05, 3.63) is 70.9 Å². The normalized spacial score (nSPS) is 11.3. The van der Waals surface area contributed by atoms with Crippen molar-refractivity contribution in [3.8, 4) is 0 Å². The van der Waals surface area contributed by atoms with Crippen molar-refractivity contribution in [2.75, 3.05) is 0 Å². The highest BCUT2D eigenvalue weighted by atomic mass is 16.1. The number of nitrogens with zero attached hydrogens (tertiary/aromatic N) is 1. The maximum atomic E-state index is 12.1. The smallest absolute Gasteiger partial charge is 0.265 e. The molecule has 0 saturated heterocycles. The molecule has 3 heteroatoms. The van der Waals surface area contributed by atoms with E-state index in [1.54, 1.807) is 0 Å². The standard InChI is InChI=1S/C21H24N2O/c1-4-17-18-7-5-6-8-19(18)23(20(17)21(22)24)13-15-9-11-16(12-10-15)14(2)3/h5-12,14H,4,13H2,1-3H3,(H2,22,24). The van der Waals surface area contributed by atoms with E-state index in [-0.39, 0.29) is 5.91 Å². The first-order valence-electron chi connectivity index (χ1n) is 8.51. The van der Waals surface area contributed by atoms with Gasteiger partial charge >= 0.3 is 0 Å². The molecule has 0 aliphatic carbocycles. The maximum Gasteiger partial charge on any atom is 0.265 e. The molecule has 3 nitrogen and oxygen atoms in total. The van der Waals surface area contributed by atoms with Gasteiger partial charge in [-0.15, -0.1) is 0 Å². The molecule has 0 radical (unpaired) electrons. The van der Waals surface area contributed by atoms with Crippen LogP contribution in [0.1, 0.15) is 53.9 Å². The molecule has 124 valence electrons. The molecule has 2 aromatic carbocycles. The fourth-order valence-electron chi connectivity index (χ4n) is 3.37. The van der Waals surface area contributed by atoms with Gasteiger partial charge in [-0.3, -0.25) is 4.79 Å². The number of amides is 1. The van der Waals surface area contributed by atoms with Crippen molar-refractivity contribution in [2.24, 2.45) is 5.73 Å². The molecule has 3 rings (SSSR count). The van der Waals surface area contributed by atoms with Crippen molar-refractivity contribution >= 4 is 16.8 Å². The van der Waals surface area contributed by atoms with Gasteiger partial charge in [0.2, 0.25) is 0 Å². The number of aryl methyl sites for hydroxylation is 1. The van der Waals surface area contributed by atoms with Gasteiger partial charge in [0.25, 0.3) is 5.91 Å². The number of hydrogen-bond acceptors (Lipinski definition) is 1. The summed E-state index contributed by atoms with van der Waals surface area (Å²) in [4.78, 5) is 12.1. The minimum Gasteiger partial charge on any atom is -0.364 e. The van der Waals surface area contributed by atoms with Gasteiger partial charge in [-0.2, -0.15) is 0 Å². The summed E-state index contributed by atoms with van der Waals surface area (Å²) in [5.41, 5.74) is 10.9. The summed E-state index contributed by atoms with van der Waals surface area (Å²) in [5, 5.41) is 1.12. The second kappa shape index (κ2) is 6.52. The Hall–Kier alpha value is -2.55. The quantitative estimate of drug-likeness (QED) is 0.740. The number of benzene rings is 2. The van der Waals surface area contributed by atoms with E-state index in [0.29, 0.717) is 18.2 Å². The van der Waals surface area contributed by atoms with Gasteiger partial charge in [-0.05, 0) is 35.1 Å². The molecular weight excluding hydrogens is 296 g/mol. The molecule has 1 heterocycles. The monoisotopic (exact) mass is 320 g/mol. The minimum absolute atomic E-state index is 0.359. The van der Waals surface area contributed by atoms with E-state index < -0.39 is 0 Å². The molecular formula is C21H24N2O. The predicted molar refractivity (Wildman–Crippen MR) is 99.5 cm³/mol. The van der Waals surface area contributed by atoms with Crippen LogP contribution in [0.2, 0.25) is 0 Å². The first-order valence-corrected chi connectivity index (χ1v) is 8.51. The van der Waals surface area contributed by atoms with Gasteiger partial charge in [0.1, 0.15) is 5.69 Å². The Morgan fingerprint density at radius 2 is 1.75 bits per heavy atom. The molecule has 0 unspecified atom stereocenters. The second-order valence-electron chi connectivity index (χ2n) is 6.54. The number of carbonyl (C=O) groups is 1. The van der Waals surface area contributed by atoms with Crippen molar-refractivity contribution < 1.29 is 4.79 Å². The van der Waals surface area contributed by atoms with E-state index in [4.69, 9.17) is 5.73 Å². The lowest BCUT2D eigenvalue weighted by atomic mass is 10.0. The Bertz CT molecular complexity index is 873. The van der Waals surface area contributed by atoms with Gasteiger partial charge < -0.3 is 10.3 Å². The van der Waals surface area contributed by atoms with Crippen LogP contribution in [0.4, 0.5) is 0 Å². The lowest BCUT2D eigenvalue weighted by molar-refractivity contribution is 0.0991. The number of fused-ring (bicyclic) bond motifs is 1. The number of nitrogens with two attached hydrogens (primary N) is 1. The third kappa shape index (κ3) is 2.82. The Morgan fingerprint density at radius 1 is 1.08 bits per heavy atom. The summed E-state index contributed by atoms with van der Waals surface area (Å²) in [7, 11) is 0. The molecule has 0 fully saturated rings. The highest BCUT2D eigenvalue weighted by Crippen LogP contribution is 2.28.